The van der Waals surface area contributed by atoms with Crippen molar-refractivity contribution < 1.29 is 20.1 Å². The highest BCUT2D eigenvalue weighted by atomic mass is 16.3. The van der Waals surface area contributed by atoms with E-state index in [2.05, 4.69) is 0 Å². The predicted molar refractivity (Wildman–Crippen MR) is 85.5 cm³/mol. The molecule has 4 rings (SSSR count). The van der Waals surface area contributed by atoms with Gasteiger partial charge in [0.25, 0.3) is 0 Å². The van der Waals surface area contributed by atoms with Gasteiger partial charge in [0.2, 0.25) is 0 Å². The van der Waals surface area contributed by atoms with Crippen LogP contribution in [0.25, 0.3) is 0 Å². The van der Waals surface area contributed by atoms with Crippen LogP contribution < -0.4 is 0 Å². The minimum Gasteiger partial charge on any atom is -0.393 e. The van der Waals surface area contributed by atoms with Gasteiger partial charge < -0.3 is 15.3 Å². The van der Waals surface area contributed by atoms with E-state index in [1.165, 1.54) is 6.42 Å². The van der Waals surface area contributed by atoms with E-state index in [4.69, 9.17) is 0 Å². The third-order valence-electron chi connectivity index (χ3n) is 7.83. The Kier molecular flexibility index (Phi) is 4.27. The molecule has 4 heteroatoms. The number of Topliss-reactive ketones (excluding diaryl/α,β-unsaturated/α-hetero) is 1. The molecule has 4 aliphatic rings. The maximum Gasteiger partial charge on any atom is 0.161 e. The monoisotopic (exact) mass is 322 g/mol. The number of ketones is 1. The van der Waals surface area contributed by atoms with E-state index in [0.29, 0.717) is 29.6 Å². The second-order valence-corrected chi connectivity index (χ2v) is 8.65. The zero-order chi connectivity index (χ0) is 16.1. The fourth-order valence-electron chi connectivity index (χ4n) is 7.01. The maximum atomic E-state index is 12.0. The minimum atomic E-state index is -0.347. The molecule has 0 bridgehead atoms. The van der Waals surface area contributed by atoms with Crippen LogP contribution in [0.4, 0.5) is 0 Å². The van der Waals surface area contributed by atoms with Crippen LogP contribution in [0.3, 0.4) is 0 Å². The molecule has 0 saturated heterocycles. The molecule has 130 valence electrons. The summed E-state index contributed by atoms with van der Waals surface area (Å²) in [6.07, 6.45) is 7.49. The van der Waals surface area contributed by atoms with Crippen LogP contribution in [-0.2, 0) is 4.79 Å². The van der Waals surface area contributed by atoms with Gasteiger partial charge in [0.15, 0.2) is 5.78 Å². The smallest absolute Gasteiger partial charge is 0.161 e. The van der Waals surface area contributed by atoms with Crippen LogP contribution in [0.5, 0.6) is 0 Å². The number of carbonyl (C=O) groups excluding carboxylic acids is 1. The molecule has 0 aromatic rings. The van der Waals surface area contributed by atoms with Gasteiger partial charge in [-0.25, -0.2) is 0 Å². The van der Waals surface area contributed by atoms with E-state index in [0.717, 1.165) is 44.9 Å². The van der Waals surface area contributed by atoms with Gasteiger partial charge in [-0.3, -0.25) is 4.79 Å². The Hall–Kier alpha value is -0.450. The average molecular weight is 322 g/mol. The largest absolute Gasteiger partial charge is 0.393 e. The Morgan fingerprint density at radius 2 is 1.57 bits per heavy atom. The average Bonchev–Trinajstić information content (AvgIpc) is 2.97. The summed E-state index contributed by atoms with van der Waals surface area (Å²) >= 11 is 0. The Morgan fingerprint density at radius 1 is 0.826 bits per heavy atom. The predicted octanol–water partition coefficient (Wildman–Crippen LogP) is 1.76. The van der Waals surface area contributed by atoms with Crippen molar-refractivity contribution in [2.24, 2.45) is 41.4 Å². The highest BCUT2D eigenvalue weighted by Crippen LogP contribution is 2.59. The second-order valence-electron chi connectivity index (χ2n) is 8.65. The molecule has 4 saturated carbocycles. The van der Waals surface area contributed by atoms with Crippen molar-refractivity contribution in [3.8, 4) is 0 Å². The Bertz CT molecular complexity index is 464. The van der Waals surface area contributed by atoms with Crippen molar-refractivity contribution >= 4 is 5.78 Å². The first-order valence-corrected chi connectivity index (χ1v) is 9.59. The lowest BCUT2D eigenvalue weighted by Gasteiger charge is -2.54. The lowest BCUT2D eigenvalue weighted by molar-refractivity contribution is -0.133. The summed E-state index contributed by atoms with van der Waals surface area (Å²) in [5.74, 6) is 2.91. The van der Waals surface area contributed by atoms with E-state index in [1.807, 2.05) is 0 Å². The molecule has 3 N–H and O–H groups in total. The van der Waals surface area contributed by atoms with Gasteiger partial charge in [0.05, 0.1) is 12.2 Å². The first kappa shape index (κ1) is 16.0. The summed E-state index contributed by atoms with van der Waals surface area (Å²) in [6, 6.07) is 0. The Morgan fingerprint density at radius 3 is 2.35 bits per heavy atom. The summed E-state index contributed by atoms with van der Waals surface area (Å²) in [5, 5.41) is 30.1. The van der Waals surface area contributed by atoms with E-state index >= 15 is 0 Å². The van der Waals surface area contributed by atoms with Crippen LogP contribution in [0.1, 0.15) is 51.4 Å². The molecule has 6 unspecified atom stereocenters. The number of aliphatic hydroxyl groups is 3. The molecule has 0 aromatic heterocycles. The minimum absolute atomic E-state index is 0.0161. The van der Waals surface area contributed by atoms with Crippen molar-refractivity contribution in [2.45, 2.75) is 63.6 Å². The van der Waals surface area contributed by atoms with Gasteiger partial charge in [-0.05, 0) is 86.9 Å². The van der Waals surface area contributed by atoms with Gasteiger partial charge in [0.1, 0.15) is 6.61 Å². The molecule has 0 radical (unpaired) electrons. The molecular weight excluding hydrogens is 292 g/mol. The zero-order valence-electron chi connectivity index (χ0n) is 13.8. The van der Waals surface area contributed by atoms with Crippen molar-refractivity contribution in [1.82, 2.24) is 0 Å². The van der Waals surface area contributed by atoms with Crippen LogP contribution in [0.15, 0.2) is 0 Å². The highest BCUT2D eigenvalue weighted by Gasteiger charge is 2.55. The molecule has 0 aliphatic heterocycles. The molecule has 0 aromatic carbocycles. The third kappa shape index (κ3) is 2.58. The zero-order valence-corrected chi connectivity index (χ0v) is 13.8. The number of carbonyl (C=O) groups is 1. The number of aliphatic hydroxyl groups excluding tert-OH is 3. The number of hydrogen-bond donors (Lipinski definition) is 3. The molecule has 0 spiro atoms. The quantitative estimate of drug-likeness (QED) is 0.724. The molecular formula is C19H30O4. The van der Waals surface area contributed by atoms with Gasteiger partial charge in [-0.2, -0.15) is 0 Å². The topological polar surface area (TPSA) is 77.8 Å². The normalized spacial score (nSPS) is 52.4. The fraction of sp³-hybridized carbons (Fsp3) is 0.947. The van der Waals surface area contributed by atoms with Crippen molar-refractivity contribution in [2.75, 3.05) is 6.61 Å². The summed E-state index contributed by atoms with van der Waals surface area (Å²) < 4.78 is 0. The maximum absolute atomic E-state index is 12.0. The van der Waals surface area contributed by atoms with Crippen LogP contribution >= 0.6 is 0 Å². The van der Waals surface area contributed by atoms with E-state index in [1.54, 1.807) is 0 Å². The second kappa shape index (κ2) is 6.12. The summed E-state index contributed by atoms with van der Waals surface area (Å²) in [4.78, 5) is 12.0. The number of rotatable bonds is 2. The molecule has 4 nitrogen and oxygen atoms in total. The first-order valence-electron chi connectivity index (χ1n) is 9.59. The molecule has 4 aliphatic carbocycles. The molecule has 0 amide bonds. The first-order chi connectivity index (χ1) is 11.1. The van der Waals surface area contributed by atoms with Crippen LogP contribution in [0.2, 0.25) is 0 Å². The molecule has 0 heterocycles. The van der Waals surface area contributed by atoms with Crippen LogP contribution in [0, 0.1) is 41.4 Å². The number of hydrogen-bond acceptors (Lipinski definition) is 4. The standard InChI is InChI=1S/C19H30O4/c20-9-18(23)14-6-5-13-15-3-1-10-7-11(21)2-4-12(10)19(15)17(22)8-16(13)14/h10-17,19-22H,1-9H2/t10-,11-,12?,13?,14?,15?,16?,17+,19?/m1/s1. The van der Waals surface area contributed by atoms with Gasteiger partial charge >= 0.3 is 0 Å². The van der Waals surface area contributed by atoms with Crippen LogP contribution in [-0.4, -0.2) is 39.9 Å². The van der Waals surface area contributed by atoms with Gasteiger partial charge in [-0.15, -0.1) is 0 Å². The molecule has 23 heavy (non-hydrogen) atoms. The lowest BCUT2D eigenvalue weighted by atomic mass is 9.52. The van der Waals surface area contributed by atoms with Crippen molar-refractivity contribution in [3.05, 3.63) is 0 Å². The molecule has 9 atom stereocenters. The Labute approximate surface area is 138 Å². The van der Waals surface area contributed by atoms with Gasteiger partial charge in [-0.1, -0.05) is 0 Å². The summed E-state index contributed by atoms with van der Waals surface area (Å²) in [7, 11) is 0. The third-order valence-corrected chi connectivity index (χ3v) is 7.83. The van der Waals surface area contributed by atoms with E-state index < -0.39 is 0 Å². The van der Waals surface area contributed by atoms with Crippen molar-refractivity contribution in [3.63, 3.8) is 0 Å². The van der Waals surface area contributed by atoms with Gasteiger partial charge in [0, 0.05) is 5.92 Å². The SMILES string of the molecule is O=C(CO)C1CCC2C1C[C@H](O)C1C2CC[C@@H]2C[C@H](O)CCC12. The fourth-order valence-corrected chi connectivity index (χ4v) is 7.01. The summed E-state index contributed by atoms with van der Waals surface area (Å²) in [5.41, 5.74) is 0. The lowest BCUT2D eigenvalue weighted by Crippen LogP contribution is -2.52. The number of fused-ring (bicyclic) bond motifs is 5. The van der Waals surface area contributed by atoms with Crippen molar-refractivity contribution in [1.29, 1.82) is 0 Å². The van der Waals surface area contributed by atoms with E-state index in [-0.39, 0.29) is 36.4 Å². The Balaban J connectivity index is 1.55. The summed E-state index contributed by atoms with van der Waals surface area (Å²) in [6.45, 7) is -0.347. The highest BCUT2D eigenvalue weighted by molar-refractivity contribution is 5.82. The van der Waals surface area contributed by atoms with E-state index in [9.17, 15) is 20.1 Å². The molecule has 4 fully saturated rings.